The molecule has 0 saturated carbocycles. The number of carbonyl (C=O) groups is 1. The van der Waals surface area contributed by atoms with Crippen LogP contribution < -0.4 is 20.1 Å². The zero-order chi connectivity index (χ0) is 24.5. The maximum absolute atomic E-state index is 13.2. The molecule has 0 fully saturated rings. The van der Waals surface area contributed by atoms with Gasteiger partial charge in [0.05, 0.1) is 14.2 Å². The fourth-order valence-corrected chi connectivity index (χ4v) is 3.34. The van der Waals surface area contributed by atoms with Crippen LogP contribution >= 0.6 is 0 Å². The van der Waals surface area contributed by atoms with Gasteiger partial charge in [0.15, 0.2) is 0 Å². The lowest BCUT2D eigenvalue weighted by Gasteiger charge is -2.18. The molecule has 10 heteroatoms. The van der Waals surface area contributed by atoms with Crippen molar-refractivity contribution < 1.29 is 23.1 Å². The van der Waals surface area contributed by atoms with Gasteiger partial charge in [-0.3, -0.25) is 10.2 Å². The minimum absolute atomic E-state index is 0.196. The molecule has 0 radical (unpaired) electrons. The lowest BCUT2D eigenvalue weighted by atomic mass is 10.1. The van der Waals surface area contributed by atoms with E-state index >= 15 is 0 Å². The zero-order valence-electron chi connectivity index (χ0n) is 19.4. The smallest absolute Gasteiger partial charge is 0.259 e. The summed E-state index contributed by atoms with van der Waals surface area (Å²) in [4.78, 5) is 13.2. The first-order chi connectivity index (χ1) is 16.5. The molecule has 180 valence electrons. The van der Waals surface area contributed by atoms with Gasteiger partial charge in [0.25, 0.3) is 5.91 Å². The molecule has 0 spiro atoms. The molecule has 34 heavy (non-hydrogen) atoms. The van der Waals surface area contributed by atoms with E-state index in [1.807, 2.05) is 31.2 Å². The molecule has 0 aliphatic heterocycles. The second-order valence-corrected chi connectivity index (χ2v) is 7.56. The number of methoxy groups -OCH3 is 2. The summed E-state index contributed by atoms with van der Waals surface area (Å²) >= 11 is 0. The van der Waals surface area contributed by atoms with Crippen LogP contribution in [0.25, 0.3) is 11.5 Å². The van der Waals surface area contributed by atoms with Gasteiger partial charge in [-0.2, -0.15) is 0 Å². The van der Waals surface area contributed by atoms with Crippen LogP contribution in [-0.4, -0.2) is 49.4 Å². The van der Waals surface area contributed by atoms with Crippen LogP contribution in [0.3, 0.4) is 0 Å². The number of alkyl halides is 1. The van der Waals surface area contributed by atoms with Crippen molar-refractivity contribution in [1.29, 1.82) is 5.41 Å². The average Bonchev–Trinajstić information content (AvgIpc) is 3.35. The van der Waals surface area contributed by atoms with Crippen LogP contribution in [0.15, 0.2) is 46.9 Å². The molecule has 0 saturated heterocycles. The van der Waals surface area contributed by atoms with Gasteiger partial charge < -0.3 is 24.5 Å². The summed E-state index contributed by atoms with van der Waals surface area (Å²) < 4.78 is 29.1. The minimum atomic E-state index is -0.864. The third-order valence-electron chi connectivity index (χ3n) is 5.14. The van der Waals surface area contributed by atoms with Crippen LogP contribution in [0.1, 0.15) is 40.7 Å². The van der Waals surface area contributed by atoms with Crippen molar-refractivity contribution in [2.45, 2.75) is 25.8 Å². The molecule has 1 amide bonds. The number of benzene rings is 2. The monoisotopic (exact) mass is 469 g/mol. The Labute approximate surface area is 197 Å². The lowest BCUT2D eigenvalue weighted by Crippen LogP contribution is -2.31. The number of carbonyl (C=O) groups excluding carboxylic acids is 1. The molecule has 0 aliphatic rings. The molecule has 3 rings (SSSR count). The summed E-state index contributed by atoms with van der Waals surface area (Å²) in [6, 6.07) is 12.1. The molecule has 0 unspecified atom stereocenters. The summed E-state index contributed by atoms with van der Waals surface area (Å²) in [5.74, 6) is 0.663. The molecule has 1 atom stereocenters. The normalized spacial score (nSPS) is 11.5. The SMILES string of the molecule is COc1cccc(OC)c1C(=O)N[C@@H](CCCNC(=N)CF)c1nnc(-c2ccc(C)cc2)o1. The van der Waals surface area contributed by atoms with Gasteiger partial charge in [-0.05, 0) is 44.0 Å². The Morgan fingerprint density at radius 3 is 2.41 bits per heavy atom. The standard InChI is InChI=1S/C24H28FN5O4/c1-15-9-11-16(12-10-15)23-29-30-24(34-23)17(6-5-13-27-20(26)14-25)28-22(31)21-18(32-2)7-4-8-19(21)33-3/h4,7-12,17H,5-6,13-14H2,1-3H3,(H2,26,27)(H,28,31)/t17-/m0/s1. The van der Waals surface area contributed by atoms with Gasteiger partial charge in [0, 0.05) is 12.1 Å². The molecule has 2 aromatic carbocycles. The van der Waals surface area contributed by atoms with Gasteiger partial charge in [-0.1, -0.05) is 23.8 Å². The van der Waals surface area contributed by atoms with Crippen LogP contribution in [0.4, 0.5) is 4.39 Å². The predicted molar refractivity (Wildman–Crippen MR) is 125 cm³/mol. The van der Waals surface area contributed by atoms with E-state index in [4.69, 9.17) is 19.3 Å². The van der Waals surface area contributed by atoms with E-state index in [0.717, 1.165) is 11.1 Å². The summed E-state index contributed by atoms with van der Waals surface area (Å²) in [5.41, 5.74) is 2.11. The number of amides is 1. The molecule has 0 aliphatic carbocycles. The van der Waals surface area contributed by atoms with Crippen molar-refractivity contribution in [3.05, 3.63) is 59.5 Å². The van der Waals surface area contributed by atoms with Crippen molar-refractivity contribution in [2.75, 3.05) is 27.4 Å². The Morgan fingerprint density at radius 1 is 1.12 bits per heavy atom. The van der Waals surface area contributed by atoms with Gasteiger partial charge in [0.1, 0.15) is 35.6 Å². The highest BCUT2D eigenvalue weighted by atomic mass is 19.1. The number of nitrogens with zero attached hydrogens (tertiary/aromatic N) is 2. The number of aromatic nitrogens is 2. The average molecular weight is 470 g/mol. The van der Waals surface area contributed by atoms with E-state index in [0.29, 0.717) is 36.8 Å². The zero-order valence-corrected chi connectivity index (χ0v) is 19.4. The molecule has 3 aromatic rings. The van der Waals surface area contributed by atoms with E-state index < -0.39 is 18.6 Å². The second kappa shape index (κ2) is 11.8. The van der Waals surface area contributed by atoms with Crippen LogP contribution in [0, 0.1) is 12.3 Å². The molecular weight excluding hydrogens is 441 g/mol. The van der Waals surface area contributed by atoms with E-state index in [9.17, 15) is 9.18 Å². The third-order valence-corrected chi connectivity index (χ3v) is 5.14. The molecular formula is C24H28FN5O4. The van der Waals surface area contributed by atoms with Crippen molar-refractivity contribution in [3.8, 4) is 23.0 Å². The number of nitrogens with one attached hydrogen (secondary N) is 3. The maximum Gasteiger partial charge on any atom is 0.259 e. The molecule has 0 bridgehead atoms. The fraction of sp³-hybridized carbons (Fsp3) is 0.333. The van der Waals surface area contributed by atoms with Crippen molar-refractivity contribution in [3.63, 3.8) is 0 Å². The first-order valence-electron chi connectivity index (χ1n) is 10.8. The topological polar surface area (TPSA) is 122 Å². The van der Waals surface area contributed by atoms with E-state index in [2.05, 4.69) is 20.8 Å². The number of aryl methyl sites for hydroxylation is 1. The number of halogens is 1. The Morgan fingerprint density at radius 2 is 1.79 bits per heavy atom. The highest BCUT2D eigenvalue weighted by Gasteiger charge is 2.25. The fourth-order valence-electron chi connectivity index (χ4n) is 3.34. The largest absolute Gasteiger partial charge is 0.496 e. The molecule has 1 heterocycles. The van der Waals surface area contributed by atoms with Gasteiger partial charge in [-0.15, -0.1) is 10.2 Å². The number of amidine groups is 1. The molecule has 9 nitrogen and oxygen atoms in total. The highest BCUT2D eigenvalue weighted by molar-refractivity contribution is 5.99. The Balaban J connectivity index is 1.84. The van der Waals surface area contributed by atoms with Crippen LogP contribution in [0.2, 0.25) is 0 Å². The summed E-state index contributed by atoms with van der Waals surface area (Å²) in [6.07, 6.45) is 0.921. The van der Waals surface area contributed by atoms with Crippen molar-refractivity contribution in [1.82, 2.24) is 20.8 Å². The van der Waals surface area contributed by atoms with Crippen LogP contribution in [-0.2, 0) is 0 Å². The molecule has 3 N–H and O–H groups in total. The van der Waals surface area contributed by atoms with Crippen molar-refractivity contribution in [2.24, 2.45) is 0 Å². The van der Waals surface area contributed by atoms with Crippen LogP contribution in [0.5, 0.6) is 11.5 Å². The van der Waals surface area contributed by atoms with E-state index in [-0.39, 0.29) is 17.3 Å². The number of ether oxygens (including phenoxy) is 2. The van der Waals surface area contributed by atoms with Gasteiger partial charge in [0.2, 0.25) is 11.8 Å². The van der Waals surface area contributed by atoms with E-state index in [1.165, 1.54) is 14.2 Å². The minimum Gasteiger partial charge on any atom is -0.496 e. The van der Waals surface area contributed by atoms with E-state index in [1.54, 1.807) is 18.2 Å². The number of hydrogen-bond acceptors (Lipinski definition) is 7. The second-order valence-electron chi connectivity index (χ2n) is 7.56. The Kier molecular flexibility index (Phi) is 8.55. The Hall–Kier alpha value is -3.95. The summed E-state index contributed by atoms with van der Waals surface area (Å²) in [6.45, 7) is 1.47. The summed E-state index contributed by atoms with van der Waals surface area (Å²) in [7, 11) is 2.95. The third kappa shape index (κ3) is 6.09. The first-order valence-corrected chi connectivity index (χ1v) is 10.8. The number of rotatable bonds is 11. The Bertz CT molecular complexity index is 1090. The maximum atomic E-state index is 13.2. The van der Waals surface area contributed by atoms with Gasteiger partial charge >= 0.3 is 0 Å². The predicted octanol–water partition coefficient (Wildman–Crippen LogP) is 3.85. The number of hydrogen-bond donors (Lipinski definition) is 3. The summed E-state index contributed by atoms with van der Waals surface area (Å²) in [5, 5.41) is 21.3. The highest BCUT2D eigenvalue weighted by Crippen LogP contribution is 2.30. The quantitative estimate of drug-likeness (QED) is 0.221. The van der Waals surface area contributed by atoms with Gasteiger partial charge in [-0.25, -0.2) is 4.39 Å². The lowest BCUT2D eigenvalue weighted by molar-refractivity contribution is 0.0921. The van der Waals surface area contributed by atoms with Crippen molar-refractivity contribution >= 4 is 11.7 Å². The molecule has 1 aromatic heterocycles. The first kappa shape index (κ1) is 24.7.